The number of nitrogens with one attached hydrogen (secondary N) is 2. The van der Waals surface area contributed by atoms with Crippen LogP contribution >= 0.6 is 0 Å². The molecule has 6 heteroatoms. The van der Waals surface area contributed by atoms with E-state index in [0.29, 0.717) is 18.4 Å². The zero-order chi connectivity index (χ0) is 18.9. The minimum Gasteiger partial charge on any atom is -0.495 e. The van der Waals surface area contributed by atoms with Gasteiger partial charge in [-0.25, -0.2) is 0 Å². The lowest BCUT2D eigenvalue weighted by Crippen LogP contribution is -2.45. The molecule has 0 heterocycles. The Balaban J connectivity index is 1.66. The number of methoxy groups -OCH3 is 1. The van der Waals surface area contributed by atoms with Gasteiger partial charge in [0.25, 0.3) is 5.91 Å². The van der Waals surface area contributed by atoms with Gasteiger partial charge < -0.3 is 20.1 Å². The Bertz CT molecular complexity index is 605. The van der Waals surface area contributed by atoms with E-state index < -0.39 is 5.97 Å². The summed E-state index contributed by atoms with van der Waals surface area (Å²) in [5.41, 5.74) is 0.820. The topological polar surface area (TPSA) is 76.7 Å². The summed E-state index contributed by atoms with van der Waals surface area (Å²) in [4.78, 5) is 23.9. The molecule has 0 radical (unpaired) electrons. The molecule has 0 unspecified atom stereocenters. The smallest absolute Gasteiger partial charge is 0.308 e. The molecule has 1 aromatic rings. The van der Waals surface area contributed by atoms with Gasteiger partial charge in [0.15, 0.2) is 6.61 Å². The molecule has 1 amide bonds. The Kier molecular flexibility index (Phi) is 7.75. The maximum Gasteiger partial charge on any atom is 0.308 e. The molecule has 144 valence electrons. The lowest BCUT2D eigenvalue weighted by atomic mass is 9.78. The van der Waals surface area contributed by atoms with E-state index in [9.17, 15) is 9.59 Å². The molecule has 2 N–H and O–H groups in total. The van der Waals surface area contributed by atoms with E-state index in [4.69, 9.17) is 9.47 Å². The standard InChI is InChI=1S/C20H30N2O4/c1-14-7-6-9-16(15(14)2)22-19(23)13-26-20(24)11-12-21-17-8-4-5-10-18(17)25-3/h4-5,8,10,14-16,21H,6-7,9,11-13H2,1-3H3,(H,22,23)/t14-,15+,16-/m0/s1. The molecular weight excluding hydrogens is 332 g/mol. The molecule has 0 bridgehead atoms. The second-order valence-corrected chi connectivity index (χ2v) is 6.98. The van der Waals surface area contributed by atoms with Gasteiger partial charge >= 0.3 is 5.97 Å². The number of hydrogen-bond acceptors (Lipinski definition) is 5. The highest BCUT2D eigenvalue weighted by atomic mass is 16.5. The van der Waals surface area contributed by atoms with E-state index in [1.165, 1.54) is 6.42 Å². The molecule has 26 heavy (non-hydrogen) atoms. The SMILES string of the molecule is COc1ccccc1NCCC(=O)OCC(=O)N[C@H]1CCC[C@H](C)[C@H]1C. The van der Waals surface area contributed by atoms with Crippen molar-refractivity contribution < 1.29 is 19.1 Å². The third kappa shape index (κ3) is 5.93. The highest BCUT2D eigenvalue weighted by Gasteiger charge is 2.28. The van der Waals surface area contributed by atoms with Crippen LogP contribution in [0.25, 0.3) is 0 Å². The molecule has 0 spiro atoms. The third-order valence-corrected chi connectivity index (χ3v) is 5.17. The van der Waals surface area contributed by atoms with Gasteiger partial charge in [-0.05, 0) is 30.4 Å². The highest BCUT2D eigenvalue weighted by Crippen LogP contribution is 2.29. The first-order chi connectivity index (χ1) is 12.5. The van der Waals surface area contributed by atoms with E-state index in [1.807, 2.05) is 24.3 Å². The maximum atomic E-state index is 12.0. The lowest BCUT2D eigenvalue weighted by Gasteiger charge is -2.34. The fourth-order valence-corrected chi connectivity index (χ4v) is 3.34. The van der Waals surface area contributed by atoms with E-state index in [-0.39, 0.29) is 25.0 Å². The van der Waals surface area contributed by atoms with Crippen LogP contribution in [0.4, 0.5) is 5.69 Å². The zero-order valence-corrected chi connectivity index (χ0v) is 15.9. The summed E-state index contributed by atoms with van der Waals surface area (Å²) >= 11 is 0. The van der Waals surface area contributed by atoms with Crippen molar-refractivity contribution in [3.05, 3.63) is 24.3 Å². The van der Waals surface area contributed by atoms with Crippen LogP contribution in [0, 0.1) is 11.8 Å². The van der Waals surface area contributed by atoms with E-state index in [0.717, 1.165) is 24.3 Å². The van der Waals surface area contributed by atoms with E-state index in [2.05, 4.69) is 24.5 Å². The quantitative estimate of drug-likeness (QED) is 0.695. The van der Waals surface area contributed by atoms with Crippen LogP contribution in [0.2, 0.25) is 0 Å². The minimum absolute atomic E-state index is 0.178. The van der Waals surface area contributed by atoms with Crippen LogP contribution in [-0.2, 0) is 14.3 Å². The zero-order valence-electron chi connectivity index (χ0n) is 15.9. The number of benzene rings is 1. The van der Waals surface area contributed by atoms with Crippen molar-refractivity contribution in [2.45, 2.75) is 45.6 Å². The Morgan fingerprint density at radius 1 is 1.19 bits per heavy atom. The Morgan fingerprint density at radius 3 is 2.73 bits per heavy atom. The third-order valence-electron chi connectivity index (χ3n) is 5.17. The molecule has 0 aliphatic heterocycles. The molecule has 1 aromatic carbocycles. The summed E-state index contributed by atoms with van der Waals surface area (Å²) in [7, 11) is 1.60. The number of carbonyl (C=O) groups excluding carboxylic acids is 2. The molecule has 2 rings (SSSR count). The Hall–Kier alpha value is -2.24. The van der Waals surface area contributed by atoms with Gasteiger partial charge in [0, 0.05) is 12.6 Å². The van der Waals surface area contributed by atoms with Gasteiger partial charge in [-0.2, -0.15) is 0 Å². The summed E-state index contributed by atoms with van der Waals surface area (Å²) in [6.45, 7) is 4.59. The van der Waals surface area contributed by atoms with Crippen LogP contribution in [-0.4, -0.2) is 38.2 Å². The average Bonchev–Trinajstić information content (AvgIpc) is 2.64. The van der Waals surface area contributed by atoms with Crippen molar-refractivity contribution >= 4 is 17.6 Å². The van der Waals surface area contributed by atoms with Gasteiger partial charge in [0.1, 0.15) is 5.75 Å². The molecule has 1 saturated carbocycles. The Morgan fingerprint density at radius 2 is 1.96 bits per heavy atom. The predicted molar refractivity (Wildman–Crippen MR) is 101 cm³/mol. The maximum absolute atomic E-state index is 12.0. The number of esters is 1. The van der Waals surface area contributed by atoms with Gasteiger partial charge in [-0.3, -0.25) is 9.59 Å². The molecular formula is C20H30N2O4. The first-order valence-electron chi connectivity index (χ1n) is 9.33. The summed E-state index contributed by atoms with van der Waals surface area (Å²) in [6, 6.07) is 7.67. The molecule has 0 aromatic heterocycles. The Labute approximate surface area is 155 Å². The molecule has 6 nitrogen and oxygen atoms in total. The molecule has 1 aliphatic rings. The fraction of sp³-hybridized carbons (Fsp3) is 0.600. The van der Waals surface area contributed by atoms with Gasteiger partial charge in [-0.1, -0.05) is 38.8 Å². The molecule has 1 fully saturated rings. The summed E-state index contributed by atoms with van der Waals surface area (Å²) in [5.74, 6) is 1.16. The summed E-state index contributed by atoms with van der Waals surface area (Å²) in [6.07, 6.45) is 3.52. The van der Waals surface area contributed by atoms with Crippen LogP contribution in [0.1, 0.15) is 39.5 Å². The number of anilines is 1. The first kappa shape index (κ1) is 20.1. The number of rotatable bonds is 8. The number of carbonyl (C=O) groups is 2. The van der Waals surface area contributed by atoms with Crippen molar-refractivity contribution in [2.75, 3.05) is 25.6 Å². The predicted octanol–water partition coefficient (Wildman–Crippen LogP) is 2.98. The lowest BCUT2D eigenvalue weighted by molar-refractivity contribution is -0.148. The second-order valence-electron chi connectivity index (χ2n) is 6.98. The van der Waals surface area contributed by atoms with Crippen molar-refractivity contribution in [3.63, 3.8) is 0 Å². The molecule has 0 saturated heterocycles. The minimum atomic E-state index is -0.396. The largest absolute Gasteiger partial charge is 0.495 e. The highest BCUT2D eigenvalue weighted by molar-refractivity contribution is 5.80. The van der Waals surface area contributed by atoms with Gasteiger partial charge in [0.05, 0.1) is 19.2 Å². The number of amides is 1. The number of para-hydroxylation sites is 2. The van der Waals surface area contributed by atoms with Crippen molar-refractivity contribution in [3.8, 4) is 5.75 Å². The van der Waals surface area contributed by atoms with Crippen molar-refractivity contribution in [1.29, 1.82) is 0 Å². The second kappa shape index (κ2) is 10.0. The van der Waals surface area contributed by atoms with Crippen molar-refractivity contribution in [2.24, 2.45) is 11.8 Å². The van der Waals surface area contributed by atoms with E-state index in [1.54, 1.807) is 7.11 Å². The monoisotopic (exact) mass is 362 g/mol. The number of ether oxygens (including phenoxy) is 2. The fourth-order valence-electron chi connectivity index (χ4n) is 3.34. The first-order valence-corrected chi connectivity index (χ1v) is 9.33. The van der Waals surface area contributed by atoms with Crippen LogP contribution < -0.4 is 15.4 Å². The summed E-state index contributed by atoms with van der Waals surface area (Å²) in [5, 5.41) is 6.14. The van der Waals surface area contributed by atoms with Gasteiger partial charge in [0.2, 0.25) is 0 Å². The molecule has 1 aliphatic carbocycles. The molecule has 3 atom stereocenters. The van der Waals surface area contributed by atoms with Crippen LogP contribution in [0.3, 0.4) is 0 Å². The average molecular weight is 362 g/mol. The summed E-state index contributed by atoms with van der Waals surface area (Å²) < 4.78 is 10.3. The van der Waals surface area contributed by atoms with Crippen LogP contribution in [0.5, 0.6) is 5.75 Å². The van der Waals surface area contributed by atoms with Crippen molar-refractivity contribution in [1.82, 2.24) is 5.32 Å². The van der Waals surface area contributed by atoms with Crippen LogP contribution in [0.15, 0.2) is 24.3 Å². The number of hydrogen-bond donors (Lipinski definition) is 2. The van der Waals surface area contributed by atoms with E-state index >= 15 is 0 Å². The van der Waals surface area contributed by atoms with Gasteiger partial charge in [-0.15, -0.1) is 0 Å². The normalized spacial score (nSPS) is 22.3.